The number of benzene rings is 1. The summed E-state index contributed by atoms with van der Waals surface area (Å²) in [5.74, 6) is 0.458. The van der Waals surface area contributed by atoms with Crippen molar-refractivity contribution >= 4 is 59.0 Å². The molecule has 0 fully saturated rings. The second-order valence-electron chi connectivity index (χ2n) is 2.45. The summed E-state index contributed by atoms with van der Waals surface area (Å²) in [7, 11) is 0. The third-order valence-electron chi connectivity index (χ3n) is 1.50. The second-order valence-corrected chi connectivity index (χ2v) is 3.58. The van der Waals surface area contributed by atoms with E-state index in [0.717, 1.165) is 5.56 Å². The van der Waals surface area contributed by atoms with Crippen LogP contribution in [-0.4, -0.2) is 5.88 Å². The molecule has 0 spiro atoms. The van der Waals surface area contributed by atoms with E-state index in [2.05, 4.69) is 0 Å². The lowest BCUT2D eigenvalue weighted by atomic mass is 10.2. The fourth-order valence-corrected chi connectivity index (χ4v) is 1.47. The Morgan fingerprint density at radius 2 is 1.71 bits per heavy atom. The number of rotatable bonds is 2. The summed E-state index contributed by atoms with van der Waals surface area (Å²) in [6.45, 7) is 0. The van der Waals surface area contributed by atoms with Gasteiger partial charge < -0.3 is 5.73 Å². The zero-order valence-electron chi connectivity index (χ0n) is 7.14. The number of halogens is 4. The molecule has 1 rings (SSSR count). The van der Waals surface area contributed by atoms with Crippen LogP contribution >= 0.6 is 47.2 Å². The van der Waals surface area contributed by atoms with Crippen molar-refractivity contribution in [3.63, 3.8) is 0 Å². The quantitative estimate of drug-likeness (QED) is 0.632. The molecule has 0 atom stereocenters. The summed E-state index contributed by atoms with van der Waals surface area (Å²) >= 11 is 17.1. The monoisotopic (exact) mass is 271 g/mol. The van der Waals surface area contributed by atoms with E-state index >= 15 is 0 Å². The van der Waals surface area contributed by atoms with E-state index in [-0.39, 0.29) is 12.4 Å². The van der Waals surface area contributed by atoms with Gasteiger partial charge in [0.2, 0.25) is 0 Å². The first-order valence-corrected chi connectivity index (χ1v) is 4.91. The van der Waals surface area contributed by atoms with Gasteiger partial charge in [-0.1, -0.05) is 35.4 Å². The van der Waals surface area contributed by atoms with Crippen LogP contribution in [-0.2, 0) is 0 Å². The van der Waals surface area contributed by atoms with E-state index < -0.39 is 0 Å². The molecule has 0 radical (unpaired) electrons. The summed E-state index contributed by atoms with van der Waals surface area (Å²) < 4.78 is 0. The molecule has 0 saturated carbocycles. The summed E-state index contributed by atoms with van der Waals surface area (Å²) in [6.07, 6.45) is 3.64. The number of allylic oxidation sites excluding steroid dienone is 1. The van der Waals surface area contributed by atoms with Crippen LogP contribution in [0.4, 0.5) is 5.69 Å². The van der Waals surface area contributed by atoms with Crippen LogP contribution < -0.4 is 5.73 Å². The molecule has 0 unspecified atom stereocenters. The Hall–Kier alpha value is -0.0800. The lowest BCUT2D eigenvalue weighted by Crippen LogP contribution is -1.88. The van der Waals surface area contributed by atoms with Gasteiger partial charge in [0.15, 0.2) is 0 Å². The Labute approximate surface area is 104 Å². The molecule has 0 aliphatic heterocycles. The highest BCUT2D eigenvalue weighted by Gasteiger charge is 2.02. The van der Waals surface area contributed by atoms with E-state index in [1.54, 1.807) is 18.2 Å². The Balaban J connectivity index is 0.00000169. The highest BCUT2D eigenvalue weighted by atomic mass is 35.5. The zero-order valence-corrected chi connectivity index (χ0v) is 10.2. The molecule has 1 nitrogen and oxygen atoms in total. The highest BCUT2D eigenvalue weighted by Crippen LogP contribution is 2.29. The third kappa shape index (κ3) is 3.58. The summed E-state index contributed by atoms with van der Waals surface area (Å²) in [4.78, 5) is 0. The van der Waals surface area contributed by atoms with Gasteiger partial charge >= 0.3 is 0 Å². The molecule has 1 aromatic rings. The standard InChI is InChI=1S/C9H8Cl3N.ClH/c10-3-1-2-6-4-7(11)9(13)8(12)5-6;/h1-2,4-5H,3,13H2;1H/b2-1+;. The number of nitrogens with two attached hydrogens (primary N) is 1. The largest absolute Gasteiger partial charge is 0.396 e. The first kappa shape index (κ1) is 13.9. The second kappa shape index (κ2) is 6.41. The van der Waals surface area contributed by atoms with Crippen molar-refractivity contribution in [2.75, 3.05) is 11.6 Å². The number of anilines is 1. The molecule has 0 heterocycles. The normalized spacial score (nSPS) is 10.2. The van der Waals surface area contributed by atoms with Crippen LogP contribution in [0.15, 0.2) is 18.2 Å². The van der Waals surface area contributed by atoms with E-state index in [1.807, 2.05) is 6.08 Å². The third-order valence-corrected chi connectivity index (χ3v) is 2.30. The van der Waals surface area contributed by atoms with E-state index in [0.29, 0.717) is 21.6 Å². The number of hydrogen-bond donors (Lipinski definition) is 1. The predicted molar refractivity (Wildman–Crippen MR) is 67.9 cm³/mol. The van der Waals surface area contributed by atoms with Crippen molar-refractivity contribution in [2.24, 2.45) is 0 Å². The van der Waals surface area contributed by atoms with Gasteiger partial charge in [-0.3, -0.25) is 0 Å². The first-order valence-electron chi connectivity index (χ1n) is 3.62. The smallest absolute Gasteiger partial charge is 0.0693 e. The van der Waals surface area contributed by atoms with Crippen LogP contribution in [0.2, 0.25) is 10.0 Å². The maximum absolute atomic E-state index is 5.82. The average molecular weight is 273 g/mol. The number of hydrogen-bond acceptors (Lipinski definition) is 1. The molecule has 1 aromatic carbocycles. The van der Waals surface area contributed by atoms with E-state index in [4.69, 9.17) is 40.5 Å². The zero-order chi connectivity index (χ0) is 9.84. The molecule has 0 bridgehead atoms. The van der Waals surface area contributed by atoms with Gasteiger partial charge in [0.1, 0.15) is 0 Å². The summed E-state index contributed by atoms with van der Waals surface area (Å²) in [6, 6.07) is 3.48. The maximum atomic E-state index is 5.82. The van der Waals surface area contributed by atoms with Gasteiger partial charge in [-0.05, 0) is 17.7 Å². The molecule has 0 aliphatic rings. The van der Waals surface area contributed by atoms with Crippen molar-refractivity contribution < 1.29 is 0 Å². The molecule has 14 heavy (non-hydrogen) atoms. The van der Waals surface area contributed by atoms with E-state index in [9.17, 15) is 0 Å². The van der Waals surface area contributed by atoms with Crippen molar-refractivity contribution in [3.8, 4) is 0 Å². The number of nitrogen functional groups attached to an aromatic ring is 1. The molecular formula is C9H9Cl4N. The van der Waals surface area contributed by atoms with Gasteiger partial charge in [0.25, 0.3) is 0 Å². The summed E-state index contributed by atoms with van der Waals surface area (Å²) in [5, 5.41) is 0.920. The van der Waals surface area contributed by atoms with Crippen LogP contribution in [0.25, 0.3) is 6.08 Å². The van der Waals surface area contributed by atoms with Crippen molar-refractivity contribution in [1.82, 2.24) is 0 Å². The van der Waals surface area contributed by atoms with Gasteiger partial charge in [0.05, 0.1) is 15.7 Å². The predicted octanol–water partition coefficient (Wildman–Crippen LogP) is 4.25. The Bertz CT molecular complexity index is 313. The van der Waals surface area contributed by atoms with E-state index in [1.165, 1.54) is 0 Å². The Morgan fingerprint density at radius 1 is 1.21 bits per heavy atom. The lowest BCUT2D eigenvalue weighted by Gasteiger charge is -2.02. The van der Waals surface area contributed by atoms with Crippen LogP contribution in [0.1, 0.15) is 5.56 Å². The van der Waals surface area contributed by atoms with Crippen molar-refractivity contribution in [2.45, 2.75) is 0 Å². The fourth-order valence-electron chi connectivity index (χ4n) is 0.881. The van der Waals surface area contributed by atoms with Crippen LogP contribution in [0.5, 0.6) is 0 Å². The molecule has 0 aliphatic carbocycles. The maximum Gasteiger partial charge on any atom is 0.0693 e. The van der Waals surface area contributed by atoms with Gasteiger partial charge in [-0.2, -0.15) is 0 Å². The molecule has 5 heteroatoms. The fraction of sp³-hybridized carbons (Fsp3) is 0.111. The van der Waals surface area contributed by atoms with Gasteiger partial charge in [-0.25, -0.2) is 0 Å². The molecule has 78 valence electrons. The Morgan fingerprint density at radius 3 is 2.14 bits per heavy atom. The summed E-state index contributed by atoms with van der Waals surface area (Å²) in [5.41, 5.74) is 6.87. The molecule has 0 saturated heterocycles. The number of alkyl halides is 1. The first-order chi connectivity index (χ1) is 6.15. The molecule has 0 amide bonds. The highest BCUT2D eigenvalue weighted by molar-refractivity contribution is 6.39. The van der Waals surface area contributed by atoms with Crippen LogP contribution in [0, 0.1) is 0 Å². The SMILES string of the molecule is Cl.Nc1c(Cl)cc(/C=C/CCl)cc1Cl. The molecule has 0 aromatic heterocycles. The van der Waals surface area contributed by atoms with Crippen LogP contribution in [0.3, 0.4) is 0 Å². The average Bonchev–Trinajstić information content (AvgIpc) is 2.10. The lowest BCUT2D eigenvalue weighted by molar-refractivity contribution is 1.63. The molecule has 2 N–H and O–H groups in total. The van der Waals surface area contributed by atoms with Crippen molar-refractivity contribution in [1.29, 1.82) is 0 Å². The van der Waals surface area contributed by atoms with Gasteiger partial charge in [0, 0.05) is 5.88 Å². The van der Waals surface area contributed by atoms with Crippen molar-refractivity contribution in [3.05, 3.63) is 33.8 Å². The minimum Gasteiger partial charge on any atom is -0.396 e. The topological polar surface area (TPSA) is 26.0 Å². The Kier molecular flexibility index (Phi) is 6.38. The minimum atomic E-state index is 0. The minimum absolute atomic E-state index is 0. The van der Waals surface area contributed by atoms with Gasteiger partial charge in [-0.15, -0.1) is 24.0 Å². The molecular weight excluding hydrogens is 264 g/mol.